The van der Waals surface area contributed by atoms with Gasteiger partial charge in [-0.15, -0.1) is 6.42 Å². The van der Waals surface area contributed by atoms with E-state index in [-0.39, 0.29) is 12.1 Å². The van der Waals surface area contributed by atoms with Crippen LogP contribution in [0.3, 0.4) is 0 Å². The van der Waals surface area contributed by atoms with Crippen LogP contribution in [0, 0.1) is 12.3 Å². The predicted molar refractivity (Wildman–Crippen MR) is 130 cm³/mol. The number of ether oxygens (including phenoxy) is 2. The van der Waals surface area contributed by atoms with Gasteiger partial charge in [0.1, 0.15) is 6.61 Å². The lowest BCUT2D eigenvalue weighted by molar-refractivity contribution is 0.0290. The molecule has 1 aliphatic heterocycles. The molecule has 1 aliphatic rings. The molecule has 1 N–H and O–H groups in total. The number of rotatable bonds is 7. The van der Waals surface area contributed by atoms with E-state index in [1.807, 2.05) is 36.4 Å². The van der Waals surface area contributed by atoms with Crippen LogP contribution in [0.4, 0.5) is 10.5 Å². The first-order valence-electron chi connectivity index (χ1n) is 11.1. The molecule has 34 heavy (non-hydrogen) atoms. The van der Waals surface area contributed by atoms with E-state index in [0.29, 0.717) is 37.7 Å². The summed E-state index contributed by atoms with van der Waals surface area (Å²) in [5.74, 6) is 2.58. The molecule has 1 fully saturated rings. The number of nitrogens with zero attached hydrogens (tertiary/aromatic N) is 3. The number of carbonyl (C=O) groups is 1. The summed E-state index contributed by atoms with van der Waals surface area (Å²) in [5.41, 5.74) is 3.50. The van der Waals surface area contributed by atoms with Crippen molar-refractivity contribution in [2.75, 3.05) is 44.8 Å². The topological polar surface area (TPSA) is 85.7 Å². The second kappa shape index (κ2) is 11.3. The van der Waals surface area contributed by atoms with Gasteiger partial charge in [0.2, 0.25) is 0 Å². The van der Waals surface area contributed by atoms with Crippen LogP contribution in [0.1, 0.15) is 11.1 Å². The number of carbonyl (C=O) groups excluding carboxylic acids is 1. The lowest BCUT2D eigenvalue weighted by Crippen LogP contribution is -2.38. The normalized spacial score (nSPS) is 13.7. The third-order valence-electron chi connectivity index (χ3n) is 5.46. The Labute approximate surface area is 198 Å². The predicted octanol–water partition coefficient (Wildman–Crippen LogP) is 2.82. The van der Waals surface area contributed by atoms with Crippen molar-refractivity contribution in [1.82, 2.24) is 14.7 Å². The molecule has 1 aromatic heterocycles. The Hall–Kier alpha value is -3.93. The molecule has 0 spiro atoms. The van der Waals surface area contributed by atoms with Gasteiger partial charge in [-0.05, 0) is 35.9 Å². The molecule has 3 aromatic rings. The summed E-state index contributed by atoms with van der Waals surface area (Å²) in [7, 11) is 0. The zero-order chi connectivity index (χ0) is 23.8. The number of morpholine rings is 1. The number of aromatic nitrogens is 2. The fraction of sp³-hybridized carbons (Fsp3) is 0.269. The van der Waals surface area contributed by atoms with Crippen LogP contribution in [0.15, 0.2) is 65.5 Å². The number of hydrogen-bond acceptors (Lipinski definition) is 6. The van der Waals surface area contributed by atoms with Gasteiger partial charge in [0, 0.05) is 42.5 Å². The van der Waals surface area contributed by atoms with Crippen molar-refractivity contribution in [1.29, 1.82) is 0 Å². The average molecular weight is 459 g/mol. The summed E-state index contributed by atoms with van der Waals surface area (Å²) in [6, 6.07) is 17.9. The smallest absolute Gasteiger partial charge is 0.411 e. The lowest BCUT2D eigenvalue weighted by Gasteiger charge is -2.26. The maximum atomic E-state index is 12.4. The molecule has 0 atom stereocenters. The zero-order valence-electron chi connectivity index (χ0n) is 18.8. The van der Waals surface area contributed by atoms with Crippen molar-refractivity contribution in [3.05, 3.63) is 82.1 Å². The molecule has 0 unspecified atom stereocenters. The summed E-state index contributed by atoms with van der Waals surface area (Å²) in [6.45, 7) is 4.34. The molecule has 8 heteroatoms. The Bertz CT molecular complexity index is 1220. The first kappa shape index (κ1) is 23.2. The van der Waals surface area contributed by atoms with Crippen molar-refractivity contribution in [3.8, 4) is 23.6 Å². The largest absolute Gasteiger partial charge is 0.448 e. The second-order valence-electron chi connectivity index (χ2n) is 7.85. The van der Waals surface area contributed by atoms with Gasteiger partial charge in [-0.2, -0.15) is 5.10 Å². The molecular weight excluding hydrogens is 432 g/mol. The van der Waals surface area contributed by atoms with Gasteiger partial charge in [0.15, 0.2) is 0 Å². The highest BCUT2D eigenvalue weighted by molar-refractivity contribution is 5.84. The highest BCUT2D eigenvalue weighted by Crippen LogP contribution is 2.17. The first-order valence-corrected chi connectivity index (χ1v) is 11.1. The van der Waals surface area contributed by atoms with Crippen molar-refractivity contribution >= 4 is 11.8 Å². The summed E-state index contributed by atoms with van der Waals surface area (Å²) >= 11 is 0. The maximum absolute atomic E-state index is 12.4. The van der Waals surface area contributed by atoms with Crippen LogP contribution in [-0.2, 0) is 16.0 Å². The Morgan fingerprint density at radius 3 is 2.68 bits per heavy atom. The fourth-order valence-corrected chi connectivity index (χ4v) is 3.62. The van der Waals surface area contributed by atoms with E-state index in [0.717, 1.165) is 29.8 Å². The van der Waals surface area contributed by atoms with Gasteiger partial charge in [0.05, 0.1) is 25.5 Å². The molecule has 174 valence electrons. The number of anilines is 1. The minimum atomic E-state index is -0.516. The van der Waals surface area contributed by atoms with Gasteiger partial charge in [-0.3, -0.25) is 15.0 Å². The van der Waals surface area contributed by atoms with Crippen molar-refractivity contribution in [3.63, 3.8) is 0 Å². The number of nitrogens with one attached hydrogen (secondary N) is 1. The summed E-state index contributed by atoms with van der Waals surface area (Å²) in [4.78, 5) is 26.8. The molecule has 0 bridgehead atoms. The highest BCUT2D eigenvalue weighted by Gasteiger charge is 2.11. The van der Waals surface area contributed by atoms with E-state index >= 15 is 0 Å². The lowest BCUT2D eigenvalue weighted by atomic mass is 10.1. The maximum Gasteiger partial charge on any atom is 0.411 e. The van der Waals surface area contributed by atoms with Crippen LogP contribution in [0.5, 0.6) is 0 Å². The fourth-order valence-electron chi connectivity index (χ4n) is 3.62. The molecule has 8 nitrogen and oxygen atoms in total. The van der Waals surface area contributed by atoms with Crippen LogP contribution in [-0.4, -0.2) is 60.2 Å². The summed E-state index contributed by atoms with van der Waals surface area (Å²) in [5, 5.41) is 7.24. The van der Waals surface area contributed by atoms with Crippen molar-refractivity contribution in [2.24, 2.45) is 0 Å². The summed E-state index contributed by atoms with van der Waals surface area (Å²) in [6.07, 6.45) is 4.90. The SMILES string of the molecule is C#Cc1ccc(-c2ccc(=O)n(Cc3cccc(NC(=O)OCCN4CCOCC4)c3)n2)cc1. The van der Waals surface area contributed by atoms with E-state index in [9.17, 15) is 9.59 Å². The van der Waals surface area contributed by atoms with E-state index < -0.39 is 6.09 Å². The molecule has 0 saturated carbocycles. The number of hydrogen-bond donors (Lipinski definition) is 1. The van der Waals surface area contributed by atoms with Gasteiger partial charge in [-0.25, -0.2) is 9.48 Å². The Balaban J connectivity index is 1.37. The van der Waals surface area contributed by atoms with Crippen molar-refractivity contribution < 1.29 is 14.3 Å². The Kier molecular flexibility index (Phi) is 7.71. The van der Waals surface area contributed by atoms with Gasteiger partial charge in [-0.1, -0.05) is 30.2 Å². The minimum absolute atomic E-state index is 0.218. The number of amides is 1. The van der Waals surface area contributed by atoms with Crippen LogP contribution >= 0.6 is 0 Å². The molecule has 1 amide bonds. The molecular formula is C26H26N4O4. The molecule has 1 saturated heterocycles. The van der Waals surface area contributed by atoms with E-state index in [2.05, 4.69) is 21.2 Å². The zero-order valence-corrected chi connectivity index (χ0v) is 18.8. The quantitative estimate of drug-likeness (QED) is 0.548. The molecule has 4 rings (SSSR count). The van der Waals surface area contributed by atoms with Gasteiger partial charge >= 0.3 is 6.09 Å². The van der Waals surface area contributed by atoms with Gasteiger partial charge in [0.25, 0.3) is 5.56 Å². The van der Waals surface area contributed by atoms with Crippen LogP contribution < -0.4 is 10.9 Å². The third-order valence-corrected chi connectivity index (χ3v) is 5.46. The highest BCUT2D eigenvalue weighted by atomic mass is 16.5. The standard InChI is InChI=1S/C26H26N4O4/c1-2-20-6-8-22(9-7-20)24-10-11-25(31)30(28-24)19-21-4-3-5-23(18-21)27-26(32)34-17-14-29-12-15-33-16-13-29/h1,3-11,18H,12-17,19H2,(H,27,32). The minimum Gasteiger partial charge on any atom is -0.448 e. The van der Waals surface area contributed by atoms with E-state index in [1.165, 1.54) is 10.7 Å². The van der Waals surface area contributed by atoms with E-state index in [4.69, 9.17) is 15.9 Å². The second-order valence-corrected chi connectivity index (χ2v) is 7.85. The van der Waals surface area contributed by atoms with Gasteiger partial charge < -0.3 is 9.47 Å². The molecule has 2 aromatic carbocycles. The van der Waals surface area contributed by atoms with E-state index in [1.54, 1.807) is 18.2 Å². The summed E-state index contributed by atoms with van der Waals surface area (Å²) < 4.78 is 12.0. The first-order chi connectivity index (χ1) is 16.6. The molecule has 0 aliphatic carbocycles. The van der Waals surface area contributed by atoms with Crippen LogP contribution in [0.25, 0.3) is 11.3 Å². The average Bonchev–Trinajstić information content (AvgIpc) is 2.86. The number of terminal acetylenes is 1. The number of benzene rings is 2. The van der Waals surface area contributed by atoms with Crippen LogP contribution in [0.2, 0.25) is 0 Å². The molecule has 0 radical (unpaired) electrons. The third kappa shape index (κ3) is 6.32. The molecule has 2 heterocycles. The monoisotopic (exact) mass is 458 g/mol. The Morgan fingerprint density at radius 2 is 1.91 bits per heavy atom. The van der Waals surface area contributed by atoms with Crippen molar-refractivity contribution in [2.45, 2.75) is 6.54 Å². The Morgan fingerprint density at radius 1 is 1.12 bits per heavy atom.